The fourth-order valence-electron chi connectivity index (χ4n) is 3.57. The van der Waals surface area contributed by atoms with E-state index in [0.717, 1.165) is 23.3 Å². The molecule has 30 heavy (non-hydrogen) atoms. The summed E-state index contributed by atoms with van der Waals surface area (Å²) in [6.45, 7) is 5.32. The molecule has 0 bridgehead atoms. The van der Waals surface area contributed by atoms with Gasteiger partial charge in [0.1, 0.15) is 12.1 Å². The van der Waals surface area contributed by atoms with Crippen LogP contribution in [0.4, 0.5) is 9.93 Å². The van der Waals surface area contributed by atoms with Gasteiger partial charge in [-0.1, -0.05) is 29.8 Å². The third-order valence-electron chi connectivity index (χ3n) is 5.46. The second kappa shape index (κ2) is 7.85. The minimum absolute atomic E-state index is 0.138. The number of halogens is 1. The van der Waals surface area contributed by atoms with Gasteiger partial charge in [-0.05, 0) is 37.8 Å². The summed E-state index contributed by atoms with van der Waals surface area (Å²) in [7, 11) is 0. The van der Waals surface area contributed by atoms with Crippen LogP contribution >= 0.6 is 22.9 Å². The van der Waals surface area contributed by atoms with E-state index in [-0.39, 0.29) is 24.9 Å². The van der Waals surface area contributed by atoms with Crippen molar-refractivity contribution in [1.82, 2.24) is 15.2 Å². The molecule has 156 valence electrons. The van der Waals surface area contributed by atoms with Gasteiger partial charge < -0.3 is 5.32 Å². The molecule has 2 heterocycles. The average molecular weight is 445 g/mol. The SMILES string of the molecule is C=CCN(C(=O)CN1C(=O)N[C@@](C)(C2CC2)C1=O)c1nc(-c2ccc(Cl)cc2)cs1. The number of hydrogen-bond acceptors (Lipinski definition) is 5. The topological polar surface area (TPSA) is 82.6 Å². The summed E-state index contributed by atoms with van der Waals surface area (Å²) in [5, 5.41) is 5.71. The molecule has 1 atom stereocenters. The van der Waals surface area contributed by atoms with E-state index in [4.69, 9.17) is 11.6 Å². The summed E-state index contributed by atoms with van der Waals surface area (Å²) in [6.07, 6.45) is 3.39. The lowest BCUT2D eigenvalue weighted by Crippen LogP contribution is -2.47. The molecule has 2 aliphatic rings. The Labute approximate surface area is 183 Å². The minimum Gasteiger partial charge on any atom is -0.323 e. The maximum absolute atomic E-state index is 13.0. The lowest BCUT2D eigenvalue weighted by atomic mass is 9.96. The van der Waals surface area contributed by atoms with E-state index in [2.05, 4.69) is 16.9 Å². The van der Waals surface area contributed by atoms with Crippen molar-refractivity contribution in [3.8, 4) is 11.3 Å². The standard InChI is InChI=1S/C21H21ClN4O3S/c1-3-10-25(20-23-16(12-30-20)13-4-8-15(22)9-5-13)17(27)11-26-18(28)21(2,14-6-7-14)24-19(26)29/h3-5,8-9,12,14H,1,6-7,10-11H2,2H3,(H,24,29)/t21-/m0/s1. The number of thiazole rings is 1. The van der Waals surface area contributed by atoms with E-state index in [0.29, 0.717) is 15.8 Å². The second-order valence-electron chi connectivity index (χ2n) is 7.61. The van der Waals surface area contributed by atoms with Gasteiger partial charge in [-0.3, -0.25) is 19.4 Å². The highest BCUT2D eigenvalue weighted by atomic mass is 35.5. The van der Waals surface area contributed by atoms with Crippen molar-refractivity contribution < 1.29 is 14.4 Å². The van der Waals surface area contributed by atoms with Crippen LogP contribution in [-0.4, -0.2) is 46.4 Å². The molecule has 1 aromatic carbocycles. The highest BCUT2D eigenvalue weighted by Gasteiger charge is 2.56. The Hall–Kier alpha value is -2.71. The first-order chi connectivity index (χ1) is 14.3. The molecule has 1 aliphatic carbocycles. The molecule has 2 fully saturated rings. The van der Waals surface area contributed by atoms with Gasteiger partial charge in [0.2, 0.25) is 5.91 Å². The van der Waals surface area contributed by atoms with Gasteiger partial charge in [0.25, 0.3) is 5.91 Å². The zero-order valence-electron chi connectivity index (χ0n) is 16.4. The van der Waals surface area contributed by atoms with Gasteiger partial charge in [0, 0.05) is 22.5 Å². The van der Waals surface area contributed by atoms with Crippen molar-refractivity contribution in [2.24, 2.45) is 5.92 Å². The summed E-state index contributed by atoms with van der Waals surface area (Å²) in [4.78, 5) is 45.2. The van der Waals surface area contributed by atoms with Crippen molar-refractivity contribution in [1.29, 1.82) is 0 Å². The second-order valence-corrected chi connectivity index (χ2v) is 8.89. The molecule has 9 heteroatoms. The highest BCUT2D eigenvalue weighted by Crippen LogP contribution is 2.42. The van der Waals surface area contributed by atoms with Gasteiger partial charge in [-0.15, -0.1) is 17.9 Å². The highest BCUT2D eigenvalue weighted by molar-refractivity contribution is 7.14. The molecule has 7 nitrogen and oxygen atoms in total. The van der Waals surface area contributed by atoms with Crippen molar-refractivity contribution in [3.05, 3.63) is 47.3 Å². The molecule has 1 saturated heterocycles. The lowest BCUT2D eigenvalue weighted by molar-refractivity contribution is -0.134. The molecule has 0 radical (unpaired) electrons. The summed E-state index contributed by atoms with van der Waals surface area (Å²) in [6, 6.07) is 6.73. The predicted molar refractivity (Wildman–Crippen MR) is 116 cm³/mol. The first kappa shape index (κ1) is 20.6. The first-order valence-corrected chi connectivity index (χ1v) is 10.9. The Balaban J connectivity index is 1.52. The summed E-state index contributed by atoms with van der Waals surface area (Å²) >= 11 is 7.25. The Kier molecular flexibility index (Phi) is 5.38. The Morgan fingerprint density at radius 2 is 2.10 bits per heavy atom. The Bertz CT molecular complexity index is 1020. The van der Waals surface area contributed by atoms with Crippen LogP contribution in [0.25, 0.3) is 11.3 Å². The molecule has 4 rings (SSSR count). The number of nitrogens with zero attached hydrogens (tertiary/aromatic N) is 3. The summed E-state index contributed by atoms with van der Waals surface area (Å²) in [5.74, 6) is -0.599. The third-order valence-corrected chi connectivity index (χ3v) is 6.58. The number of amides is 4. The molecule has 1 N–H and O–H groups in total. The van der Waals surface area contributed by atoms with Crippen LogP contribution in [0.5, 0.6) is 0 Å². The first-order valence-electron chi connectivity index (χ1n) is 9.60. The molecule has 1 aromatic heterocycles. The fourth-order valence-corrected chi connectivity index (χ4v) is 4.56. The third kappa shape index (κ3) is 3.73. The normalized spacial score (nSPS) is 20.9. The van der Waals surface area contributed by atoms with E-state index < -0.39 is 17.5 Å². The van der Waals surface area contributed by atoms with Crippen LogP contribution in [0.3, 0.4) is 0 Å². The minimum atomic E-state index is -0.913. The van der Waals surface area contributed by atoms with Crippen LogP contribution < -0.4 is 10.2 Å². The van der Waals surface area contributed by atoms with E-state index in [1.165, 1.54) is 16.2 Å². The number of nitrogens with one attached hydrogen (secondary N) is 1. The maximum atomic E-state index is 13.0. The number of urea groups is 1. The van der Waals surface area contributed by atoms with Crippen LogP contribution in [-0.2, 0) is 9.59 Å². The molecule has 4 amide bonds. The number of carbonyl (C=O) groups excluding carboxylic acids is 3. The molecule has 1 aliphatic heterocycles. The van der Waals surface area contributed by atoms with Crippen molar-refractivity contribution in [2.75, 3.05) is 18.0 Å². The molecule has 0 spiro atoms. The van der Waals surface area contributed by atoms with Gasteiger partial charge in [0.15, 0.2) is 5.13 Å². The molecule has 0 unspecified atom stereocenters. The molecular weight excluding hydrogens is 424 g/mol. The smallest absolute Gasteiger partial charge is 0.323 e. The number of carbonyl (C=O) groups is 3. The zero-order chi connectivity index (χ0) is 21.5. The van der Waals surface area contributed by atoms with E-state index >= 15 is 0 Å². The monoisotopic (exact) mass is 444 g/mol. The predicted octanol–water partition coefficient (Wildman–Crippen LogP) is 3.70. The van der Waals surface area contributed by atoms with Crippen molar-refractivity contribution in [3.63, 3.8) is 0 Å². The summed E-state index contributed by atoms with van der Waals surface area (Å²) in [5.41, 5.74) is 0.677. The Morgan fingerprint density at radius 1 is 1.40 bits per heavy atom. The number of anilines is 1. The number of aromatic nitrogens is 1. The number of imide groups is 1. The van der Waals surface area contributed by atoms with Gasteiger partial charge in [-0.2, -0.15) is 0 Å². The van der Waals surface area contributed by atoms with Crippen LogP contribution in [0.2, 0.25) is 5.02 Å². The zero-order valence-corrected chi connectivity index (χ0v) is 18.0. The maximum Gasteiger partial charge on any atom is 0.325 e. The van der Waals surface area contributed by atoms with E-state index in [9.17, 15) is 14.4 Å². The fraction of sp³-hybridized carbons (Fsp3) is 0.333. The van der Waals surface area contributed by atoms with Gasteiger partial charge in [0.05, 0.1) is 5.69 Å². The van der Waals surface area contributed by atoms with Crippen molar-refractivity contribution in [2.45, 2.75) is 25.3 Å². The quantitative estimate of drug-likeness (QED) is 0.521. The van der Waals surface area contributed by atoms with Crippen LogP contribution in [0.15, 0.2) is 42.3 Å². The van der Waals surface area contributed by atoms with E-state index in [1.807, 2.05) is 17.5 Å². The number of hydrogen-bond donors (Lipinski definition) is 1. The largest absolute Gasteiger partial charge is 0.325 e. The number of rotatable bonds is 7. The van der Waals surface area contributed by atoms with Crippen LogP contribution in [0, 0.1) is 5.92 Å². The Morgan fingerprint density at radius 3 is 2.73 bits per heavy atom. The number of benzene rings is 1. The lowest BCUT2D eigenvalue weighted by Gasteiger charge is -2.23. The van der Waals surface area contributed by atoms with Gasteiger partial charge >= 0.3 is 6.03 Å². The molecular formula is C21H21ClN4O3S. The summed E-state index contributed by atoms with van der Waals surface area (Å²) < 4.78 is 0. The van der Waals surface area contributed by atoms with Gasteiger partial charge in [-0.25, -0.2) is 9.78 Å². The van der Waals surface area contributed by atoms with E-state index in [1.54, 1.807) is 25.1 Å². The van der Waals surface area contributed by atoms with Crippen LogP contribution in [0.1, 0.15) is 19.8 Å². The molecule has 1 saturated carbocycles. The average Bonchev–Trinajstić information content (AvgIpc) is 3.44. The molecule has 2 aromatic rings. The van der Waals surface area contributed by atoms with Crippen molar-refractivity contribution >= 4 is 45.9 Å².